The van der Waals surface area contributed by atoms with Crippen LogP contribution in [0.25, 0.3) is 10.6 Å². The number of hydrogen-bond acceptors (Lipinski definition) is 9. The van der Waals surface area contributed by atoms with E-state index < -0.39 is 23.5 Å². The van der Waals surface area contributed by atoms with E-state index in [0.29, 0.717) is 51.4 Å². The zero-order valence-electron chi connectivity index (χ0n) is 23.5. The third kappa shape index (κ3) is 5.68. The minimum absolute atomic E-state index is 0.0181. The van der Waals surface area contributed by atoms with Crippen molar-refractivity contribution in [2.24, 2.45) is 0 Å². The molecule has 1 amide bonds. The van der Waals surface area contributed by atoms with Crippen LogP contribution >= 0.6 is 11.3 Å². The van der Waals surface area contributed by atoms with Crippen LogP contribution in [0.2, 0.25) is 0 Å². The van der Waals surface area contributed by atoms with E-state index in [1.165, 1.54) is 37.6 Å². The smallest absolute Gasteiger partial charge is 0.290 e. The molecule has 3 aromatic rings. The summed E-state index contributed by atoms with van der Waals surface area (Å²) in [6.45, 7) is 6.29. The maximum absolute atomic E-state index is 14.1. The summed E-state index contributed by atoms with van der Waals surface area (Å²) in [5.41, 5.74) is 1.92. The lowest BCUT2D eigenvalue weighted by Gasteiger charge is -2.28. The van der Waals surface area contributed by atoms with Gasteiger partial charge in [-0.3, -0.25) is 9.59 Å². The molecule has 1 N–H and O–H groups in total. The number of ether oxygens (including phenoxy) is 4. The normalized spacial score (nSPS) is 15.2. The van der Waals surface area contributed by atoms with Crippen molar-refractivity contribution in [3.63, 3.8) is 0 Å². The van der Waals surface area contributed by atoms with Gasteiger partial charge in [-0.05, 0) is 44.9 Å². The molecule has 212 valence electrons. The van der Waals surface area contributed by atoms with Gasteiger partial charge in [-0.2, -0.15) is 0 Å². The predicted molar refractivity (Wildman–Crippen MR) is 153 cm³/mol. The average molecular weight is 567 g/mol. The van der Waals surface area contributed by atoms with Gasteiger partial charge >= 0.3 is 0 Å². The topological polar surface area (TPSA) is 107 Å². The molecule has 0 saturated carbocycles. The molecule has 0 fully saturated rings. The Morgan fingerprint density at radius 1 is 1.07 bits per heavy atom. The first-order valence-corrected chi connectivity index (χ1v) is 13.8. The first-order valence-electron chi connectivity index (χ1n) is 12.9. The molecule has 4 rings (SSSR count). The third-order valence-corrected chi connectivity index (χ3v) is 7.77. The van der Waals surface area contributed by atoms with Crippen LogP contribution in [0.1, 0.15) is 47.2 Å². The second-order valence-electron chi connectivity index (χ2n) is 9.52. The van der Waals surface area contributed by atoms with E-state index in [0.717, 1.165) is 5.56 Å². The summed E-state index contributed by atoms with van der Waals surface area (Å²) in [5.74, 6) is -0.555. The number of aliphatic hydroxyl groups is 1. The van der Waals surface area contributed by atoms with Gasteiger partial charge < -0.3 is 29.0 Å². The fourth-order valence-electron chi connectivity index (χ4n) is 4.71. The monoisotopic (exact) mass is 566 g/mol. The SMILES string of the molecule is COc1cc(C2C(C(=O)c3sc(-c4ccccc4)nc3C)=C(O)C(=O)N2CCCOC(C)C)cc(OC)c1OC. The van der Waals surface area contributed by atoms with Gasteiger partial charge in [-0.1, -0.05) is 30.3 Å². The van der Waals surface area contributed by atoms with Crippen LogP contribution in [0.3, 0.4) is 0 Å². The van der Waals surface area contributed by atoms with Crippen LogP contribution in [-0.2, 0) is 9.53 Å². The Morgan fingerprint density at radius 2 is 1.73 bits per heavy atom. The van der Waals surface area contributed by atoms with Crippen LogP contribution in [0.15, 0.2) is 53.8 Å². The van der Waals surface area contributed by atoms with Gasteiger partial charge in [0.05, 0.1) is 49.6 Å². The molecule has 1 aromatic heterocycles. The summed E-state index contributed by atoms with van der Waals surface area (Å²) in [6, 6.07) is 12.0. The first kappa shape index (κ1) is 29.1. The van der Waals surface area contributed by atoms with E-state index in [2.05, 4.69) is 4.98 Å². The maximum atomic E-state index is 14.1. The molecule has 40 heavy (non-hydrogen) atoms. The largest absolute Gasteiger partial charge is 0.503 e. The molecule has 0 radical (unpaired) electrons. The summed E-state index contributed by atoms with van der Waals surface area (Å²) in [4.78, 5) is 34.0. The molecule has 9 nitrogen and oxygen atoms in total. The predicted octanol–water partition coefficient (Wildman–Crippen LogP) is 5.54. The Labute approximate surface area is 238 Å². The van der Waals surface area contributed by atoms with Crippen LogP contribution < -0.4 is 14.2 Å². The van der Waals surface area contributed by atoms with Crippen molar-refractivity contribution in [1.29, 1.82) is 0 Å². The molecule has 0 spiro atoms. The molecule has 10 heteroatoms. The van der Waals surface area contributed by atoms with Crippen molar-refractivity contribution >= 4 is 23.0 Å². The Bertz CT molecular complexity index is 1390. The van der Waals surface area contributed by atoms with Gasteiger partial charge in [-0.15, -0.1) is 11.3 Å². The third-order valence-electron chi connectivity index (χ3n) is 6.57. The van der Waals surface area contributed by atoms with Gasteiger partial charge in [0, 0.05) is 18.7 Å². The minimum Gasteiger partial charge on any atom is -0.503 e. The summed E-state index contributed by atoms with van der Waals surface area (Å²) >= 11 is 1.23. The summed E-state index contributed by atoms with van der Waals surface area (Å²) < 4.78 is 22.2. The Kier molecular flexibility index (Phi) is 9.11. The standard InChI is InChI=1S/C30H34N2O7S/c1-17(2)39-14-10-13-32-24(20-15-21(36-4)27(38-6)22(16-20)37-5)23(26(34)30(32)35)25(33)28-18(3)31-29(40-28)19-11-8-7-9-12-19/h7-9,11-12,15-17,24,34H,10,13-14H2,1-6H3. The number of aromatic nitrogens is 1. The number of thiazole rings is 1. The lowest BCUT2D eigenvalue weighted by Crippen LogP contribution is -2.33. The van der Waals surface area contributed by atoms with Gasteiger partial charge in [-0.25, -0.2) is 4.98 Å². The quantitative estimate of drug-likeness (QED) is 0.225. The van der Waals surface area contributed by atoms with E-state index in [4.69, 9.17) is 18.9 Å². The zero-order chi connectivity index (χ0) is 29.0. The van der Waals surface area contributed by atoms with E-state index in [-0.39, 0.29) is 18.2 Å². The first-order chi connectivity index (χ1) is 19.2. The number of methoxy groups -OCH3 is 3. The number of aliphatic hydroxyl groups excluding tert-OH is 1. The van der Waals surface area contributed by atoms with Gasteiger partial charge in [0.15, 0.2) is 17.3 Å². The number of Topliss-reactive ketones (excluding diaryl/α,β-unsaturated/α-hetero) is 1. The number of benzene rings is 2. The van der Waals surface area contributed by atoms with Crippen molar-refractivity contribution < 1.29 is 33.6 Å². The number of rotatable bonds is 12. The highest BCUT2D eigenvalue weighted by Crippen LogP contribution is 2.46. The van der Waals surface area contributed by atoms with Gasteiger partial charge in [0.1, 0.15) is 5.01 Å². The molecule has 1 aliphatic rings. The zero-order valence-corrected chi connectivity index (χ0v) is 24.3. The van der Waals surface area contributed by atoms with Crippen LogP contribution in [0.5, 0.6) is 17.2 Å². The van der Waals surface area contributed by atoms with Gasteiger partial charge in [0.25, 0.3) is 5.91 Å². The van der Waals surface area contributed by atoms with E-state index in [1.807, 2.05) is 44.2 Å². The van der Waals surface area contributed by atoms with Crippen LogP contribution in [0, 0.1) is 6.92 Å². The van der Waals surface area contributed by atoms with E-state index >= 15 is 0 Å². The molecular formula is C30H34N2O7S. The van der Waals surface area contributed by atoms with Crippen molar-refractivity contribution in [2.45, 2.75) is 39.3 Å². The van der Waals surface area contributed by atoms with Crippen LogP contribution in [-0.4, -0.2) is 67.3 Å². The maximum Gasteiger partial charge on any atom is 0.290 e. The molecule has 1 atom stereocenters. The summed E-state index contributed by atoms with van der Waals surface area (Å²) in [5, 5.41) is 11.8. The molecule has 1 aliphatic heterocycles. The highest BCUT2D eigenvalue weighted by molar-refractivity contribution is 7.17. The van der Waals surface area contributed by atoms with Crippen molar-refractivity contribution in [1.82, 2.24) is 9.88 Å². The number of carbonyl (C=O) groups excluding carboxylic acids is 2. The average Bonchev–Trinajstić information content (AvgIpc) is 3.47. The number of amides is 1. The van der Waals surface area contributed by atoms with Crippen LogP contribution in [0.4, 0.5) is 0 Å². The second-order valence-corrected chi connectivity index (χ2v) is 10.5. The Hall–Kier alpha value is -3.89. The van der Waals surface area contributed by atoms with Gasteiger partial charge in [0.2, 0.25) is 11.5 Å². The van der Waals surface area contributed by atoms with E-state index in [9.17, 15) is 14.7 Å². The second kappa shape index (κ2) is 12.5. The molecule has 0 bridgehead atoms. The minimum atomic E-state index is -0.894. The van der Waals surface area contributed by atoms with E-state index in [1.54, 1.807) is 19.1 Å². The van der Waals surface area contributed by atoms with Crippen molar-refractivity contribution in [3.8, 4) is 27.8 Å². The highest BCUT2D eigenvalue weighted by atomic mass is 32.1. The summed E-state index contributed by atoms with van der Waals surface area (Å²) in [7, 11) is 4.48. The fraction of sp³-hybridized carbons (Fsp3) is 0.367. The number of nitrogens with zero attached hydrogens (tertiary/aromatic N) is 2. The molecule has 0 aliphatic carbocycles. The van der Waals surface area contributed by atoms with Crippen molar-refractivity contribution in [3.05, 3.63) is 69.9 Å². The molecule has 2 heterocycles. The lowest BCUT2D eigenvalue weighted by atomic mass is 9.94. The van der Waals surface area contributed by atoms with Crippen molar-refractivity contribution in [2.75, 3.05) is 34.5 Å². The number of carbonyl (C=O) groups is 2. The number of ketones is 1. The molecule has 1 unspecified atom stereocenters. The molecule has 2 aromatic carbocycles. The fourth-order valence-corrected chi connectivity index (χ4v) is 5.74. The molecular weight excluding hydrogens is 532 g/mol. The number of aryl methyl sites for hydroxylation is 1. The highest BCUT2D eigenvalue weighted by Gasteiger charge is 2.45. The molecule has 0 saturated heterocycles. The Morgan fingerprint density at radius 3 is 2.30 bits per heavy atom. The summed E-state index contributed by atoms with van der Waals surface area (Å²) in [6.07, 6.45) is 0.550. The lowest BCUT2D eigenvalue weighted by molar-refractivity contribution is -0.129. The number of hydrogen-bond donors (Lipinski definition) is 1. The Balaban J connectivity index is 1.80.